The standard InChI is InChI=1S/C17H24N4O/c1-18-17(19-12-14-8-5-4-6-9-14)20-13-15(21(2)3)16-10-7-11-22-16/h4-11,15H,12-13H2,1-3H3,(H2,18,19,20). The fourth-order valence-electron chi connectivity index (χ4n) is 2.21. The summed E-state index contributed by atoms with van der Waals surface area (Å²) in [5.74, 6) is 1.72. The maximum Gasteiger partial charge on any atom is 0.191 e. The lowest BCUT2D eigenvalue weighted by molar-refractivity contribution is 0.258. The van der Waals surface area contributed by atoms with Gasteiger partial charge in [-0.25, -0.2) is 0 Å². The molecule has 0 aliphatic heterocycles. The molecule has 5 nitrogen and oxygen atoms in total. The molecule has 5 heteroatoms. The molecule has 1 unspecified atom stereocenters. The zero-order chi connectivity index (χ0) is 15.8. The van der Waals surface area contributed by atoms with Crippen LogP contribution in [0.1, 0.15) is 17.4 Å². The van der Waals surface area contributed by atoms with Crippen molar-refractivity contribution in [2.45, 2.75) is 12.6 Å². The van der Waals surface area contributed by atoms with Crippen molar-refractivity contribution in [3.63, 3.8) is 0 Å². The minimum absolute atomic E-state index is 0.158. The first-order valence-electron chi connectivity index (χ1n) is 7.39. The Hall–Kier alpha value is -2.27. The summed E-state index contributed by atoms with van der Waals surface area (Å²) < 4.78 is 5.51. The van der Waals surface area contributed by atoms with E-state index in [0.29, 0.717) is 0 Å². The second-order valence-corrected chi connectivity index (χ2v) is 5.29. The van der Waals surface area contributed by atoms with Crippen LogP contribution in [0.3, 0.4) is 0 Å². The zero-order valence-electron chi connectivity index (χ0n) is 13.4. The van der Waals surface area contributed by atoms with E-state index in [-0.39, 0.29) is 6.04 Å². The van der Waals surface area contributed by atoms with Crippen molar-refractivity contribution in [3.05, 3.63) is 60.1 Å². The third kappa shape index (κ3) is 4.63. The van der Waals surface area contributed by atoms with Gasteiger partial charge in [-0.15, -0.1) is 0 Å². The minimum Gasteiger partial charge on any atom is -0.468 e. The Kier molecular flexibility index (Phi) is 6.03. The number of hydrogen-bond acceptors (Lipinski definition) is 3. The number of rotatable bonds is 6. The molecule has 118 valence electrons. The van der Waals surface area contributed by atoms with E-state index in [1.807, 2.05) is 44.4 Å². The van der Waals surface area contributed by atoms with Crippen LogP contribution in [-0.2, 0) is 6.54 Å². The molecule has 2 N–H and O–H groups in total. The number of furan rings is 1. The molecule has 2 aromatic rings. The van der Waals surface area contributed by atoms with Crippen LogP contribution in [0, 0.1) is 0 Å². The van der Waals surface area contributed by atoms with Crippen molar-refractivity contribution >= 4 is 5.96 Å². The molecular formula is C17H24N4O. The number of benzene rings is 1. The highest BCUT2D eigenvalue weighted by Gasteiger charge is 2.17. The first-order chi connectivity index (χ1) is 10.7. The van der Waals surface area contributed by atoms with Crippen molar-refractivity contribution in [2.75, 3.05) is 27.7 Å². The summed E-state index contributed by atoms with van der Waals surface area (Å²) in [6.07, 6.45) is 1.70. The van der Waals surface area contributed by atoms with Gasteiger partial charge in [0.1, 0.15) is 5.76 Å². The van der Waals surface area contributed by atoms with Crippen LogP contribution < -0.4 is 10.6 Å². The van der Waals surface area contributed by atoms with Gasteiger partial charge in [0, 0.05) is 20.1 Å². The van der Waals surface area contributed by atoms with E-state index >= 15 is 0 Å². The predicted molar refractivity (Wildman–Crippen MR) is 89.8 cm³/mol. The summed E-state index contributed by atoms with van der Waals surface area (Å²) in [4.78, 5) is 6.38. The molecule has 0 bridgehead atoms. The SMILES string of the molecule is CN=C(NCc1ccccc1)NCC(c1ccco1)N(C)C. The Morgan fingerprint density at radius 2 is 1.91 bits per heavy atom. The van der Waals surface area contributed by atoms with Gasteiger partial charge in [0.25, 0.3) is 0 Å². The van der Waals surface area contributed by atoms with Gasteiger partial charge in [-0.1, -0.05) is 30.3 Å². The summed E-state index contributed by atoms with van der Waals surface area (Å²) in [7, 11) is 5.85. The molecule has 0 saturated heterocycles. The van der Waals surface area contributed by atoms with E-state index < -0.39 is 0 Å². The van der Waals surface area contributed by atoms with Gasteiger partial charge < -0.3 is 15.1 Å². The van der Waals surface area contributed by atoms with Gasteiger partial charge in [-0.2, -0.15) is 0 Å². The summed E-state index contributed by atoms with van der Waals surface area (Å²) in [5, 5.41) is 6.66. The highest BCUT2D eigenvalue weighted by atomic mass is 16.3. The van der Waals surface area contributed by atoms with Crippen molar-refractivity contribution in [1.29, 1.82) is 0 Å². The zero-order valence-corrected chi connectivity index (χ0v) is 13.4. The first-order valence-corrected chi connectivity index (χ1v) is 7.39. The number of nitrogens with one attached hydrogen (secondary N) is 2. The van der Waals surface area contributed by atoms with Crippen LogP contribution in [-0.4, -0.2) is 38.5 Å². The van der Waals surface area contributed by atoms with Crippen LogP contribution in [0.5, 0.6) is 0 Å². The molecule has 0 saturated carbocycles. The Morgan fingerprint density at radius 3 is 2.50 bits per heavy atom. The fourth-order valence-corrected chi connectivity index (χ4v) is 2.21. The molecule has 1 aromatic heterocycles. The van der Waals surface area contributed by atoms with Gasteiger partial charge in [0.2, 0.25) is 0 Å². The highest BCUT2D eigenvalue weighted by molar-refractivity contribution is 5.79. The molecule has 22 heavy (non-hydrogen) atoms. The van der Waals surface area contributed by atoms with Crippen LogP contribution in [0.4, 0.5) is 0 Å². The Labute approximate surface area is 132 Å². The second-order valence-electron chi connectivity index (χ2n) is 5.29. The van der Waals surface area contributed by atoms with Gasteiger partial charge in [0.15, 0.2) is 5.96 Å². The molecule has 0 spiro atoms. The summed E-state index contributed by atoms with van der Waals surface area (Å²) in [6.45, 7) is 1.46. The molecule has 0 aliphatic carbocycles. The lowest BCUT2D eigenvalue weighted by atomic mass is 10.2. The molecule has 1 atom stereocenters. The quantitative estimate of drug-likeness (QED) is 0.634. The van der Waals surface area contributed by atoms with Gasteiger partial charge in [-0.3, -0.25) is 9.89 Å². The number of guanidine groups is 1. The monoisotopic (exact) mass is 300 g/mol. The number of hydrogen-bond donors (Lipinski definition) is 2. The normalized spacial score (nSPS) is 13.2. The maximum atomic E-state index is 5.51. The summed E-state index contributed by atoms with van der Waals surface area (Å²) >= 11 is 0. The molecule has 0 amide bonds. The molecule has 0 fully saturated rings. The molecule has 2 rings (SSSR count). The van der Waals surface area contributed by atoms with Crippen LogP contribution in [0.2, 0.25) is 0 Å². The minimum atomic E-state index is 0.158. The highest BCUT2D eigenvalue weighted by Crippen LogP contribution is 2.17. The first kappa shape index (κ1) is 16.1. The Bertz CT molecular complexity index is 564. The summed E-state index contributed by atoms with van der Waals surface area (Å²) in [5.41, 5.74) is 1.22. The van der Waals surface area contributed by atoms with E-state index in [4.69, 9.17) is 4.42 Å². The molecular weight excluding hydrogens is 276 g/mol. The number of likely N-dealkylation sites (N-methyl/N-ethyl adjacent to an activating group) is 1. The Balaban J connectivity index is 1.87. The molecule has 1 aromatic carbocycles. The van der Waals surface area contributed by atoms with Gasteiger partial charge >= 0.3 is 0 Å². The van der Waals surface area contributed by atoms with Crippen molar-refractivity contribution in [1.82, 2.24) is 15.5 Å². The Morgan fingerprint density at radius 1 is 1.14 bits per heavy atom. The third-order valence-corrected chi connectivity index (χ3v) is 3.48. The van der Waals surface area contributed by atoms with E-state index in [1.54, 1.807) is 13.3 Å². The van der Waals surface area contributed by atoms with E-state index in [1.165, 1.54) is 5.56 Å². The number of nitrogens with zero attached hydrogens (tertiary/aromatic N) is 2. The van der Waals surface area contributed by atoms with Crippen molar-refractivity contribution in [2.24, 2.45) is 4.99 Å². The predicted octanol–water partition coefficient (Wildman–Crippen LogP) is 2.25. The fraction of sp³-hybridized carbons (Fsp3) is 0.353. The average molecular weight is 300 g/mol. The van der Waals surface area contributed by atoms with Crippen molar-refractivity contribution < 1.29 is 4.42 Å². The van der Waals surface area contributed by atoms with Gasteiger partial charge in [0.05, 0.1) is 12.3 Å². The van der Waals surface area contributed by atoms with E-state index in [9.17, 15) is 0 Å². The third-order valence-electron chi connectivity index (χ3n) is 3.48. The van der Waals surface area contributed by atoms with Crippen molar-refractivity contribution in [3.8, 4) is 0 Å². The van der Waals surface area contributed by atoms with E-state index in [2.05, 4.69) is 32.7 Å². The second kappa shape index (κ2) is 8.24. The lowest BCUT2D eigenvalue weighted by Gasteiger charge is -2.23. The number of aliphatic imine (C=N–C) groups is 1. The maximum absolute atomic E-state index is 5.51. The molecule has 1 heterocycles. The average Bonchev–Trinajstić information content (AvgIpc) is 3.05. The van der Waals surface area contributed by atoms with Crippen LogP contribution in [0.25, 0.3) is 0 Å². The van der Waals surface area contributed by atoms with Crippen LogP contribution >= 0.6 is 0 Å². The molecule has 0 aliphatic rings. The largest absolute Gasteiger partial charge is 0.468 e. The van der Waals surface area contributed by atoms with Gasteiger partial charge in [-0.05, 0) is 31.8 Å². The topological polar surface area (TPSA) is 52.8 Å². The molecule has 0 radical (unpaired) electrons. The summed E-state index contributed by atoms with van der Waals surface area (Å²) in [6, 6.07) is 14.3. The van der Waals surface area contributed by atoms with Crippen LogP contribution in [0.15, 0.2) is 58.1 Å². The smallest absolute Gasteiger partial charge is 0.191 e. The van der Waals surface area contributed by atoms with E-state index in [0.717, 1.165) is 24.8 Å². The lowest BCUT2D eigenvalue weighted by Crippen LogP contribution is -2.41.